The summed E-state index contributed by atoms with van der Waals surface area (Å²) in [5.41, 5.74) is 3.91. The summed E-state index contributed by atoms with van der Waals surface area (Å²) >= 11 is 0. The molecule has 0 atom stereocenters. The van der Waals surface area contributed by atoms with Gasteiger partial charge in [-0.15, -0.1) is 0 Å². The number of benzene rings is 2. The van der Waals surface area contributed by atoms with E-state index in [0.717, 1.165) is 16.7 Å². The topological polar surface area (TPSA) is 23.6 Å². The Morgan fingerprint density at radius 3 is 1.45 bits per heavy atom. The summed E-state index contributed by atoms with van der Waals surface area (Å²) in [7, 11) is 7.73. The van der Waals surface area contributed by atoms with E-state index in [4.69, 9.17) is 0 Å². The van der Waals surface area contributed by atoms with E-state index in [1.54, 1.807) is 19.0 Å². The Morgan fingerprint density at radius 2 is 1.03 bits per heavy atom. The first-order valence-corrected chi connectivity index (χ1v) is 11.8. The lowest BCUT2D eigenvalue weighted by atomic mass is 9.84. The van der Waals surface area contributed by atoms with E-state index in [2.05, 4.69) is 51.0 Å². The summed E-state index contributed by atoms with van der Waals surface area (Å²) in [5, 5.41) is 0. The molecule has 3 nitrogen and oxygen atoms in total. The van der Waals surface area contributed by atoms with Crippen molar-refractivity contribution in [3.05, 3.63) is 59.7 Å². The molecule has 0 aromatic heterocycles. The van der Waals surface area contributed by atoms with Crippen LogP contribution in [-0.4, -0.2) is 43.9 Å². The molecule has 0 bridgehead atoms. The monoisotopic (exact) mass is 430 g/mol. The van der Waals surface area contributed by atoms with E-state index in [1.807, 2.05) is 85.7 Å². The quantitative estimate of drug-likeness (QED) is 0.491. The van der Waals surface area contributed by atoms with Gasteiger partial charge in [-0.2, -0.15) is 0 Å². The van der Waals surface area contributed by atoms with Gasteiger partial charge in [0.25, 0.3) is 5.91 Å². The Labute approximate surface area is 194 Å². The van der Waals surface area contributed by atoms with E-state index in [1.165, 1.54) is 5.56 Å². The highest BCUT2D eigenvalue weighted by Crippen LogP contribution is 2.36. The molecule has 0 heterocycles. The summed E-state index contributed by atoms with van der Waals surface area (Å²) in [6.45, 7) is 20.4. The van der Waals surface area contributed by atoms with Crippen LogP contribution in [0.25, 0.3) is 11.1 Å². The zero-order chi connectivity index (χ0) is 25.2. The van der Waals surface area contributed by atoms with E-state index in [-0.39, 0.29) is 11.4 Å². The smallest absolute Gasteiger partial charge is 0.253 e. The van der Waals surface area contributed by atoms with Gasteiger partial charge in [-0.25, -0.2) is 0 Å². The first kappa shape index (κ1) is 33.5. The first-order valence-electron chi connectivity index (χ1n) is 11.8. The highest BCUT2D eigenvalue weighted by atomic mass is 16.2. The maximum Gasteiger partial charge on any atom is 0.253 e. The highest BCUT2D eigenvalue weighted by molar-refractivity contribution is 6.01. The maximum atomic E-state index is 12.5. The molecule has 0 fully saturated rings. The second-order valence-corrected chi connectivity index (χ2v) is 6.74. The average Bonchev–Trinajstić information content (AvgIpc) is 2.83. The Hall–Kier alpha value is -2.13. The van der Waals surface area contributed by atoms with Crippen LogP contribution >= 0.6 is 0 Å². The number of rotatable bonds is 4. The molecule has 0 unspecified atom stereocenters. The van der Waals surface area contributed by atoms with Crippen molar-refractivity contribution in [2.45, 2.75) is 74.8 Å². The van der Waals surface area contributed by atoms with Crippen LogP contribution in [0.3, 0.4) is 0 Å². The molecule has 0 aliphatic rings. The molecule has 0 aliphatic carbocycles. The van der Waals surface area contributed by atoms with Crippen molar-refractivity contribution in [3.8, 4) is 11.1 Å². The average molecular weight is 431 g/mol. The van der Waals surface area contributed by atoms with E-state index in [9.17, 15) is 4.79 Å². The second kappa shape index (κ2) is 18.6. The van der Waals surface area contributed by atoms with Gasteiger partial charge in [0.05, 0.1) is 0 Å². The Morgan fingerprint density at radius 1 is 0.645 bits per heavy atom. The third kappa shape index (κ3) is 9.69. The van der Waals surface area contributed by atoms with Gasteiger partial charge in [-0.1, -0.05) is 97.9 Å². The fraction of sp³-hybridized carbons (Fsp3) is 0.536. The van der Waals surface area contributed by atoms with Crippen molar-refractivity contribution in [1.82, 2.24) is 9.80 Å². The maximum absolute atomic E-state index is 12.5. The minimum Gasteiger partial charge on any atom is -0.345 e. The lowest BCUT2D eigenvalue weighted by Crippen LogP contribution is -2.35. The van der Waals surface area contributed by atoms with E-state index in [0.29, 0.717) is 0 Å². The van der Waals surface area contributed by atoms with Gasteiger partial charge < -0.3 is 9.80 Å². The minimum atomic E-state index is -0.134. The molecule has 0 saturated carbocycles. The van der Waals surface area contributed by atoms with Crippen molar-refractivity contribution < 1.29 is 4.79 Å². The van der Waals surface area contributed by atoms with Gasteiger partial charge >= 0.3 is 0 Å². The zero-order valence-corrected chi connectivity index (χ0v) is 22.9. The normalized spacial score (nSPS) is 9.39. The largest absolute Gasteiger partial charge is 0.345 e. The van der Waals surface area contributed by atoms with Crippen LogP contribution in [0, 0.1) is 0 Å². The number of nitrogens with zero attached hydrogens (tertiary/aromatic N) is 2. The number of hydrogen-bond acceptors (Lipinski definition) is 2. The molecule has 0 aliphatic heterocycles. The fourth-order valence-corrected chi connectivity index (χ4v) is 2.64. The molecule has 2 aromatic rings. The predicted octanol–water partition coefficient (Wildman–Crippen LogP) is 7.96. The summed E-state index contributed by atoms with van der Waals surface area (Å²) in [5.74, 6) is 0.0260. The fourth-order valence-electron chi connectivity index (χ4n) is 2.64. The molecule has 2 rings (SSSR count). The third-order valence-electron chi connectivity index (χ3n) is 4.56. The third-order valence-corrected chi connectivity index (χ3v) is 4.56. The zero-order valence-electron chi connectivity index (χ0n) is 22.9. The Kier molecular flexibility index (Phi) is 20.1. The molecule has 0 radical (unpaired) electrons. The van der Waals surface area contributed by atoms with Gasteiger partial charge in [0.15, 0.2) is 0 Å². The Bertz CT molecular complexity index is 704. The molecular weight excluding hydrogens is 380 g/mol. The van der Waals surface area contributed by atoms with Gasteiger partial charge in [-0.3, -0.25) is 4.79 Å². The van der Waals surface area contributed by atoms with Gasteiger partial charge in [0.1, 0.15) is 0 Å². The van der Waals surface area contributed by atoms with Gasteiger partial charge in [0.2, 0.25) is 0 Å². The van der Waals surface area contributed by atoms with Crippen LogP contribution in [0.5, 0.6) is 0 Å². The second-order valence-electron chi connectivity index (χ2n) is 6.74. The van der Waals surface area contributed by atoms with Crippen molar-refractivity contribution in [1.29, 1.82) is 0 Å². The van der Waals surface area contributed by atoms with Crippen LogP contribution < -0.4 is 0 Å². The summed E-state index contributed by atoms with van der Waals surface area (Å²) < 4.78 is 0. The number of amides is 1. The van der Waals surface area contributed by atoms with E-state index >= 15 is 0 Å². The molecule has 3 heteroatoms. The number of carbonyl (C=O) groups excluding carboxylic acids is 1. The molecule has 178 valence electrons. The van der Waals surface area contributed by atoms with Crippen LogP contribution in [-0.2, 0) is 5.54 Å². The summed E-state index contributed by atoms with van der Waals surface area (Å²) in [4.78, 5) is 16.4. The van der Waals surface area contributed by atoms with Gasteiger partial charge in [0, 0.05) is 25.2 Å². The standard InChI is InChI=1S/C20H26N2O.4C2H6/c1-20(2,22(5)6)18-14-10-9-12-16(18)15-11-7-8-13-17(15)19(23)21(3)4;4*1-2/h7-14H,1-6H3;4*1-2H3. The van der Waals surface area contributed by atoms with Gasteiger partial charge in [-0.05, 0) is 50.7 Å². The molecule has 0 saturated heterocycles. The molecular formula is C28H50N2O. The molecule has 2 aromatic carbocycles. The first-order chi connectivity index (χ1) is 14.8. The van der Waals surface area contributed by atoms with Crippen LogP contribution in [0.15, 0.2) is 48.5 Å². The highest BCUT2D eigenvalue weighted by Gasteiger charge is 2.27. The molecule has 1 amide bonds. The Balaban J connectivity index is -0.000000879. The summed E-state index contributed by atoms with van der Waals surface area (Å²) in [6.07, 6.45) is 0. The van der Waals surface area contributed by atoms with Crippen molar-refractivity contribution in [3.63, 3.8) is 0 Å². The molecule has 0 spiro atoms. The van der Waals surface area contributed by atoms with Crippen LogP contribution in [0.4, 0.5) is 0 Å². The predicted molar refractivity (Wildman–Crippen MR) is 142 cm³/mol. The molecule has 31 heavy (non-hydrogen) atoms. The number of hydrogen-bond donors (Lipinski definition) is 0. The number of carbonyl (C=O) groups is 1. The minimum absolute atomic E-state index is 0.0260. The molecule has 0 N–H and O–H groups in total. The van der Waals surface area contributed by atoms with Crippen LogP contribution in [0.2, 0.25) is 0 Å². The SMILES string of the molecule is CC.CC.CC.CC.CN(C)C(=O)c1ccccc1-c1ccccc1C(C)(C)N(C)C. The van der Waals surface area contributed by atoms with Crippen molar-refractivity contribution in [2.24, 2.45) is 0 Å². The van der Waals surface area contributed by atoms with Crippen LogP contribution in [0.1, 0.15) is 85.2 Å². The summed E-state index contributed by atoms with van der Waals surface area (Å²) in [6, 6.07) is 16.2. The lowest BCUT2D eigenvalue weighted by Gasteiger charge is -2.35. The van der Waals surface area contributed by atoms with E-state index < -0.39 is 0 Å². The van der Waals surface area contributed by atoms with Crippen molar-refractivity contribution in [2.75, 3.05) is 28.2 Å². The van der Waals surface area contributed by atoms with Crippen molar-refractivity contribution >= 4 is 5.91 Å². The lowest BCUT2D eigenvalue weighted by molar-refractivity contribution is 0.0828.